The number of carbonyl (C=O) groups excluding carboxylic acids is 1. The van der Waals surface area contributed by atoms with Crippen molar-refractivity contribution in [1.82, 2.24) is 5.32 Å². The van der Waals surface area contributed by atoms with Gasteiger partial charge in [-0.3, -0.25) is 4.79 Å². The van der Waals surface area contributed by atoms with E-state index in [1.54, 1.807) is 19.2 Å². The van der Waals surface area contributed by atoms with Gasteiger partial charge in [-0.1, -0.05) is 12.1 Å². The van der Waals surface area contributed by atoms with Crippen molar-refractivity contribution in [3.8, 4) is 5.75 Å². The van der Waals surface area contributed by atoms with Gasteiger partial charge < -0.3 is 20.5 Å². The summed E-state index contributed by atoms with van der Waals surface area (Å²) in [6, 6.07) is 4.48. The highest BCUT2D eigenvalue weighted by atomic mass is 19.1. The quantitative estimate of drug-likeness (QED) is 0.686. The lowest BCUT2D eigenvalue weighted by atomic mass is 10.2. The maximum atomic E-state index is 13.5. The van der Waals surface area contributed by atoms with Gasteiger partial charge in [0.05, 0.1) is 0 Å². The maximum absolute atomic E-state index is 13.5. The zero-order valence-electron chi connectivity index (χ0n) is 10.9. The molecule has 0 aliphatic rings. The Morgan fingerprint density at radius 1 is 1.47 bits per heavy atom. The molecule has 0 saturated heterocycles. The van der Waals surface area contributed by atoms with E-state index in [4.69, 9.17) is 15.2 Å². The van der Waals surface area contributed by atoms with Crippen LogP contribution >= 0.6 is 0 Å². The molecule has 106 valence electrons. The highest BCUT2D eigenvalue weighted by Crippen LogP contribution is 2.21. The van der Waals surface area contributed by atoms with Gasteiger partial charge in [-0.2, -0.15) is 0 Å². The number of rotatable bonds is 8. The molecule has 0 bridgehead atoms. The second-order valence-electron chi connectivity index (χ2n) is 3.92. The lowest BCUT2D eigenvalue weighted by molar-refractivity contribution is -0.123. The Bertz CT molecular complexity index is 413. The van der Waals surface area contributed by atoms with Crippen molar-refractivity contribution in [3.63, 3.8) is 0 Å². The summed E-state index contributed by atoms with van der Waals surface area (Å²) in [5, 5.41) is 2.65. The van der Waals surface area contributed by atoms with E-state index >= 15 is 0 Å². The average Bonchev–Trinajstić information content (AvgIpc) is 2.42. The first kappa shape index (κ1) is 15.4. The van der Waals surface area contributed by atoms with Crippen molar-refractivity contribution < 1.29 is 18.7 Å². The van der Waals surface area contributed by atoms with Crippen molar-refractivity contribution in [2.24, 2.45) is 5.73 Å². The molecular formula is C13H19FN2O3. The number of carbonyl (C=O) groups is 1. The van der Waals surface area contributed by atoms with Crippen LogP contribution in [0.5, 0.6) is 5.75 Å². The van der Waals surface area contributed by atoms with Crippen LogP contribution in [0.15, 0.2) is 18.2 Å². The van der Waals surface area contributed by atoms with Crippen LogP contribution in [0, 0.1) is 5.82 Å². The van der Waals surface area contributed by atoms with Gasteiger partial charge in [0.2, 0.25) is 0 Å². The van der Waals surface area contributed by atoms with Crippen molar-refractivity contribution in [2.75, 3.05) is 26.9 Å². The molecule has 1 aromatic rings. The first-order valence-corrected chi connectivity index (χ1v) is 6.05. The number of hydrogen-bond donors (Lipinski definition) is 2. The fourth-order valence-electron chi connectivity index (χ4n) is 1.51. The Labute approximate surface area is 111 Å². The predicted octanol–water partition coefficient (Wildman–Crippen LogP) is 0.816. The van der Waals surface area contributed by atoms with E-state index < -0.39 is 5.82 Å². The SMILES string of the molecule is COCCCNC(=O)COc1c(F)cccc1CN. The normalized spacial score (nSPS) is 10.3. The number of amides is 1. The summed E-state index contributed by atoms with van der Waals surface area (Å²) < 4.78 is 23.5. The smallest absolute Gasteiger partial charge is 0.257 e. The predicted molar refractivity (Wildman–Crippen MR) is 69.3 cm³/mol. The van der Waals surface area contributed by atoms with E-state index in [1.165, 1.54) is 6.07 Å². The number of hydrogen-bond acceptors (Lipinski definition) is 4. The van der Waals surface area contributed by atoms with Gasteiger partial charge in [-0.05, 0) is 12.5 Å². The van der Waals surface area contributed by atoms with E-state index in [1.807, 2.05) is 0 Å². The number of nitrogens with two attached hydrogens (primary N) is 1. The second-order valence-corrected chi connectivity index (χ2v) is 3.92. The first-order valence-electron chi connectivity index (χ1n) is 6.05. The fourth-order valence-corrected chi connectivity index (χ4v) is 1.51. The van der Waals surface area contributed by atoms with Gasteiger partial charge in [0.1, 0.15) is 0 Å². The van der Waals surface area contributed by atoms with E-state index in [-0.39, 0.29) is 24.8 Å². The standard InChI is InChI=1S/C13H19FN2O3/c1-18-7-3-6-16-12(17)9-19-13-10(8-15)4-2-5-11(13)14/h2,4-5H,3,6-9,15H2,1H3,(H,16,17). The summed E-state index contributed by atoms with van der Waals surface area (Å²) in [5.74, 6) is -0.783. The van der Waals surface area contributed by atoms with Crippen LogP contribution in [0.25, 0.3) is 0 Å². The van der Waals surface area contributed by atoms with Gasteiger partial charge in [-0.25, -0.2) is 4.39 Å². The number of benzene rings is 1. The molecule has 0 aliphatic heterocycles. The van der Waals surface area contributed by atoms with Gasteiger partial charge in [0.25, 0.3) is 5.91 Å². The van der Waals surface area contributed by atoms with Crippen LogP contribution in [0.3, 0.4) is 0 Å². The third kappa shape index (κ3) is 5.23. The summed E-state index contributed by atoms with van der Waals surface area (Å²) in [5.41, 5.74) is 6.01. The van der Waals surface area contributed by atoms with Crippen molar-refractivity contribution in [1.29, 1.82) is 0 Å². The molecule has 1 aromatic carbocycles. The third-order valence-electron chi connectivity index (χ3n) is 2.46. The Morgan fingerprint density at radius 2 is 2.26 bits per heavy atom. The van der Waals surface area contributed by atoms with Crippen molar-refractivity contribution in [2.45, 2.75) is 13.0 Å². The number of nitrogens with one attached hydrogen (secondary N) is 1. The summed E-state index contributed by atoms with van der Waals surface area (Å²) in [6.07, 6.45) is 0.718. The molecule has 0 atom stereocenters. The molecule has 19 heavy (non-hydrogen) atoms. The molecule has 0 aliphatic carbocycles. The van der Waals surface area contributed by atoms with Gasteiger partial charge >= 0.3 is 0 Å². The molecule has 0 unspecified atom stereocenters. The van der Waals surface area contributed by atoms with Crippen LogP contribution in [0.2, 0.25) is 0 Å². The molecule has 0 spiro atoms. The molecule has 5 nitrogen and oxygen atoms in total. The van der Waals surface area contributed by atoms with E-state index in [0.29, 0.717) is 18.7 Å². The largest absolute Gasteiger partial charge is 0.480 e. The molecule has 0 fully saturated rings. The number of ether oxygens (including phenoxy) is 2. The molecule has 1 rings (SSSR count). The third-order valence-corrected chi connectivity index (χ3v) is 2.46. The summed E-state index contributed by atoms with van der Waals surface area (Å²) in [6.45, 7) is 0.992. The number of methoxy groups -OCH3 is 1. The van der Waals surface area contributed by atoms with Crippen molar-refractivity contribution >= 4 is 5.91 Å². The average molecular weight is 270 g/mol. The molecule has 0 aromatic heterocycles. The van der Waals surface area contributed by atoms with Crippen LogP contribution < -0.4 is 15.8 Å². The summed E-state index contributed by atoms with van der Waals surface area (Å²) >= 11 is 0. The zero-order chi connectivity index (χ0) is 14.1. The van der Waals surface area contributed by atoms with E-state index in [9.17, 15) is 9.18 Å². The summed E-state index contributed by atoms with van der Waals surface area (Å²) in [7, 11) is 1.59. The lowest BCUT2D eigenvalue weighted by Crippen LogP contribution is -2.30. The van der Waals surface area contributed by atoms with Crippen LogP contribution in [-0.4, -0.2) is 32.8 Å². The minimum atomic E-state index is -0.518. The Morgan fingerprint density at radius 3 is 2.95 bits per heavy atom. The topological polar surface area (TPSA) is 73.6 Å². The summed E-state index contributed by atoms with van der Waals surface area (Å²) in [4.78, 5) is 11.5. The molecule has 1 amide bonds. The maximum Gasteiger partial charge on any atom is 0.257 e. The van der Waals surface area contributed by atoms with E-state index in [0.717, 1.165) is 6.42 Å². The Hall–Kier alpha value is -1.66. The second kappa shape index (κ2) is 8.44. The Kier molecular flexibility index (Phi) is 6.84. The molecule has 0 saturated carbocycles. The van der Waals surface area contributed by atoms with Crippen LogP contribution in [0.4, 0.5) is 4.39 Å². The van der Waals surface area contributed by atoms with Gasteiger partial charge in [0, 0.05) is 32.4 Å². The highest BCUT2D eigenvalue weighted by molar-refractivity contribution is 5.77. The first-order chi connectivity index (χ1) is 9.19. The fraction of sp³-hybridized carbons (Fsp3) is 0.462. The van der Waals surface area contributed by atoms with Gasteiger partial charge in [-0.15, -0.1) is 0 Å². The zero-order valence-corrected chi connectivity index (χ0v) is 10.9. The minimum absolute atomic E-state index is 0.0389. The molecule has 6 heteroatoms. The number of halogens is 1. The molecule has 0 radical (unpaired) electrons. The molecule has 3 N–H and O–H groups in total. The van der Waals surface area contributed by atoms with E-state index in [2.05, 4.69) is 5.32 Å². The van der Waals surface area contributed by atoms with Gasteiger partial charge in [0.15, 0.2) is 18.2 Å². The van der Waals surface area contributed by atoms with Crippen LogP contribution in [0.1, 0.15) is 12.0 Å². The Balaban J connectivity index is 2.42. The highest BCUT2D eigenvalue weighted by Gasteiger charge is 2.10. The van der Waals surface area contributed by atoms with Crippen LogP contribution in [-0.2, 0) is 16.1 Å². The number of para-hydroxylation sites is 1. The minimum Gasteiger partial charge on any atom is -0.480 e. The molecule has 0 heterocycles. The molecular weight excluding hydrogens is 251 g/mol. The lowest BCUT2D eigenvalue weighted by Gasteiger charge is -2.11. The van der Waals surface area contributed by atoms with Crippen molar-refractivity contribution in [3.05, 3.63) is 29.6 Å². The monoisotopic (exact) mass is 270 g/mol.